The van der Waals surface area contributed by atoms with Crippen molar-refractivity contribution in [3.63, 3.8) is 0 Å². The second-order valence-corrected chi connectivity index (χ2v) is 9.54. The molecule has 2 saturated heterocycles. The quantitative estimate of drug-likeness (QED) is 0.691. The predicted octanol–water partition coefficient (Wildman–Crippen LogP) is 3.68. The highest BCUT2D eigenvalue weighted by Gasteiger charge is 2.40. The van der Waals surface area contributed by atoms with Crippen LogP contribution in [0.15, 0.2) is 18.2 Å². The third-order valence-corrected chi connectivity index (χ3v) is 7.55. The first-order valence-electron chi connectivity index (χ1n) is 11.5. The largest absolute Gasteiger partial charge is 0.507 e. The van der Waals surface area contributed by atoms with Crippen molar-refractivity contribution in [3.8, 4) is 22.8 Å². The number of carbonyl (C=O) groups is 1. The van der Waals surface area contributed by atoms with E-state index in [0.717, 1.165) is 12.8 Å². The molecule has 1 aromatic carbocycles. The molecule has 3 aliphatic heterocycles. The predicted molar refractivity (Wildman–Crippen MR) is 125 cm³/mol. The first kappa shape index (κ1) is 22.2. The Balaban J connectivity index is 1.76. The van der Waals surface area contributed by atoms with Crippen LogP contribution in [0.25, 0.3) is 11.3 Å². The minimum Gasteiger partial charge on any atom is -0.507 e. The van der Waals surface area contributed by atoms with Gasteiger partial charge in [0.25, 0.3) is 5.91 Å². The van der Waals surface area contributed by atoms with Gasteiger partial charge in [-0.3, -0.25) is 4.79 Å². The Kier molecular flexibility index (Phi) is 5.82. The monoisotopic (exact) mass is 474 g/mol. The first-order chi connectivity index (χ1) is 15.9. The molecule has 0 spiro atoms. The lowest BCUT2D eigenvalue weighted by Crippen LogP contribution is -2.55. The molecular weight excluding hydrogens is 447 g/mol. The van der Waals surface area contributed by atoms with Crippen molar-refractivity contribution in [1.82, 2.24) is 15.2 Å². The number of nitrogens with zero attached hydrogens (tertiary/aromatic N) is 3. The summed E-state index contributed by atoms with van der Waals surface area (Å²) in [7, 11) is 0. The van der Waals surface area contributed by atoms with E-state index in [-0.39, 0.29) is 52.4 Å². The molecule has 176 valence electrons. The normalized spacial score (nSPS) is 25.2. The Morgan fingerprint density at radius 2 is 2.06 bits per heavy atom. The lowest BCUT2D eigenvalue weighted by molar-refractivity contribution is 0.0606. The number of aromatic hydroxyl groups is 1. The number of anilines is 1. The molecule has 5 rings (SSSR count). The summed E-state index contributed by atoms with van der Waals surface area (Å²) in [6.45, 7) is 7.16. The number of ether oxygens (including phenoxy) is 1. The lowest BCUT2D eigenvalue weighted by atomic mass is 9.91. The van der Waals surface area contributed by atoms with Crippen molar-refractivity contribution >= 4 is 23.3 Å². The molecule has 1 aromatic heterocycles. The zero-order chi connectivity index (χ0) is 23.3. The number of amides is 1. The van der Waals surface area contributed by atoms with Gasteiger partial charge in [-0.05, 0) is 37.8 Å². The maximum absolute atomic E-state index is 14.9. The van der Waals surface area contributed by atoms with E-state index in [1.54, 1.807) is 0 Å². The number of phenols is 1. The molecule has 3 aliphatic rings. The number of hydrogen-bond donors (Lipinski definition) is 2. The fourth-order valence-electron chi connectivity index (χ4n) is 5.11. The van der Waals surface area contributed by atoms with E-state index in [9.17, 15) is 14.3 Å². The number of aromatic nitrogens is 1. The number of carbonyl (C=O) groups excluding carboxylic acids is 1. The number of pyridine rings is 1. The Hall–Kier alpha value is -2.58. The molecule has 33 heavy (non-hydrogen) atoms. The van der Waals surface area contributed by atoms with Gasteiger partial charge >= 0.3 is 0 Å². The number of piperidine rings is 1. The second-order valence-electron chi connectivity index (χ2n) is 9.16. The molecule has 0 saturated carbocycles. The van der Waals surface area contributed by atoms with E-state index in [2.05, 4.69) is 24.1 Å². The summed E-state index contributed by atoms with van der Waals surface area (Å²) in [5.41, 5.74) is 0.311. The molecule has 2 N–H and O–H groups in total. The number of hydrogen-bond acceptors (Lipinski definition) is 6. The fraction of sp³-hybridized carbons (Fsp3) is 0.500. The van der Waals surface area contributed by atoms with Gasteiger partial charge in [0.2, 0.25) is 0 Å². The number of piperazine rings is 1. The molecule has 1 amide bonds. The average molecular weight is 475 g/mol. The third-order valence-electron chi connectivity index (χ3n) is 7.19. The average Bonchev–Trinajstić information content (AvgIpc) is 2.95. The van der Waals surface area contributed by atoms with Crippen LogP contribution in [-0.2, 0) is 0 Å². The number of benzene rings is 1. The molecule has 0 radical (unpaired) electrons. The molecule has 3 atom stereocenters. The van der Waals surface area contributed by atoms with Crippen LogP contribution in [0, 0.1) is 11.7 Å². The summed E-state index contributed by atoms with van der Waals surface area (Å²) >= 11 is 6.75. The summed E-state index contributed by atoms with van der Waals surface area (Å²) in [4.78, 5) is 22.5. The molecule has 2 unspecified atom stereocenters. The molecule has 2 aromatic rings. The first-order valence-corrected chi connectivity index (χ1v) is 11.9. The van der Waals surface area contributed by atoms with Crippen LogP contribution in [0.3, 0.4) is 0 Å². The van der Waals surface area contributed by atoms with Gasteiger partial charge in [-0.15, -0.1) is 0 Å². The van der Waals surface area contributed by atoms with E-state index in [0.29, 0.717) is 43.5 Å². The SMILES string of the molecule is CC1CCCN(c2nc(-c3c(O)cccc3F)c(Cl)c3c2C(=O)N2CCNC[C@@H]2CO3)C1C. The van der Waals surface area contributed by atoms with Crippen LogP contribution in [0.5, 0.6) is 11.5 Å². The maximum atomic E-state index is 14.9. The van der Waals surface area contributed by atoms with E-state index in [1.807, 2.05) is 4.90 Å². The summed E-state index contributed by atoms with van der Waals surface area (Å²) in [5.74, 6) is -0.0349. The zero-order valence-corrected chi connectivity index (χ0v) is 19.5. The van der Waals surface area contributed by atoms with E-state index in [1.165, 1.54) is 18.2 Å². The van der Waals surface area contributed by atoms with Gasteiger partial charge in [0.1, 0.15) is 40.3 Å². The highest BCUT2D eigenvalue weighted by molar-refractivity contribution is 6.35. The molecule has 0 bridgehead atoms. The Labute approximate surface area is 197 Å². The topological polar surface area (TPSA) is 77.9 Å². The molecule has 7 nitrogen and oxygen atoms in total. The van der Waals surface area contributed by atoms with Gasteiger partial charge in [-0.2, -0.15) is 0 Å². The van der Waals surface area contributed by atoms with Gasteiger partial charge in [0, 0.05) is 32.2 Å². The number of phenolic OH excluding ortho intramolecular Hbond substituents is 1. The van der Waals surface area contributed by atoms with Crippen LogP contribution < -0.4 is 15.0 Å². The van der Waals surface area contributed by atoms with E-state index in [4.69, 9.17) is 21.3 Å². The van der Waals surface area contributed by atoms with Crippen LogP contribution in [0.1, 0.15) is 37.0 Å². The van der Waals surface area contributed by atoms with Gasteiger partial charge in [-0.1, -0.05) is 24.6 Å². The lowest BCUT2D eigenvalue weighted by Gasteiger charge is -2.40. The van der Waals surface area contributed by atoms with Crippen molar-refractivity contribution in [2.24, 2.45) is 5.92 Å². The van der Waals surface area contributed by atoms with Crippen molar-refractivity contribution in [1.29, 1.82) is 0 Å². The van der Waals surface area contributed by atoms with Crippen LogP contribution in [0.4, 0.5) is 10.2 Å². The summed E-state index contributed by atoms with van der Waals surface area (Å²) in [6, 6.07) is 4.05. The second kappa shape index (κ2) is 8.65. The number of rotatable bonds is 2. The van der Waals surface area contributed by atoms with Gasteiger partial charge in [0.15, 0.2) is 5.75 Å². The van der Waals surface area contributed by atoms with E-state index >= 15 is 0 Å². The standard InChI is InChI=1S/C24H28ClFN4O3/c1-13-5-4-9-29(14(13)2)23-19-22(33-12-15-11-27-8-10-30(15)24(19)32)20(25)21(28-23)18-16(26)6-3-7-17(18)31/h3,6-7,13-15,27,31H,4-5,8-12H2,1-2H3/t13?,14?,15-/m1/s1. The van der Waals surface area contributed by atoms with Gasteiger partial charge in [-0.25, -0.2) is 9.37 Å². The molecule has 9 heteroatoms. The van der Waals surface area contributed by atoms with Gasteiger partial charge in [0.05, 0.1) is 11.6 Å². The molecular formula is C24H28ClFN4O3. The minimum absolute atomic E-state index is 0.0352. The molecule has 2 fully saturated rings. The Morgan fingerprint density at radius 1 is 1.24 bits per heavy atom. The number of halogens is 2. The number of fused-ring (bicyclic) bond motifs is 2. The van der Waals surface area contributed by atoms with Crippen molar-refractivity contribution < 1.29 is 19.0 Å². The summed E-state index contributed by atoms with van der Waals surface area (Å²) < 4.78 is 21.0. The molecule has 0 aliphatic carbocycles. The zero-order valence-electron chi connectivity index (χ0n) is 18.8. The van der Waals surface area contributed by atoms with E-state index < -0.39 is 5.82 Å². The molecule has 4 heterocycles. The van der Waals surface area contributed by atoms with Gasteiger partial charge < -0.3 is 25.0 Å². The maximum Gasteiger partial charge on any atom is 0.261 e. The highest BCUT2D eigenvalue weighted by Crippen LogP contribution is 2.46. The smallest absolute Gasteiger partial charge is 0.261 e. The van der Waals surface area contributed by atoms with Crippen molar-refractivity contribution in [2.45, 2.75) is 38.8 Å². The van der Waals surface area contributed by atoms with Crippen LogP contribution >= 0.6 is 11.6 Å². The summed E-state index contributed by atoms with van der Waals surface area (Å²) in [5, 5.41) is 13.8. The minimum atomic E-state index is -0.642. The summed E-state index contributed by atoms with van der Waals surface area (Å²) in [6.07, 6.45) is 2.04. The van der Waals surface area contributed by atoms with Crippen molar-refractivity contribution in [3.05, 3.63) is 34.6 Å². The number of nitrogens with one attached hydrogen (secondary N) is 1. The fourth-order valence-corrected chi connectivity index (χ4v) is 5.40. The third kappa shape index (κ3) is 3.69. The Bertz CT molecular complexity index is 1080. The highest BCUT2D eigenvalue weighted by atomic mass is 35.5. The Morgan fingerprint density at radius 3 is 2.85 bits per heavy atom. The van der Waals surface area contributed by atoms with Crippen LogP contribution in [0.2, 0.25) is 5.02 Å². The van der Waals surface area contributed by atoms with Crippen molar-refractivity contribution in [2.75, 3.05) is 37.7 Å². The van der Waals surface area contributed by atoms with Crippen LogP contribution in [-0.4, -0.2) is 65.8 Å².